The number of nitrogens with two attached hydrogens (primary N) is 1. The standard InChI is InChI=1S/C13H21NO/c1-10-6-4-5-7-12(10)8-13(14)11(2)9-15-3/h4-7,11,13H,8-9,14H2,1-3H3. The molecule has 2 N–H and O–H groups in total. The monoisotopic (exact) mass is 207 g/mol. The van der Waals surface area contributed by atoms with Gasteiger partial charge in [-0.1, -0.05) is 31.2 Å². The largest absolute Gasteiger partial charge is 0.384 e. The molecule has 0 saturated carbocycles. The van der Waals surface area contributed by atoms with Crippen LogP contribution in [0.25, 0.3) is 0 Å². The van der Waals surface area contributed by atoms with E-state index in [4.69, 9.17) is 10.5 Å². The van der Waals surface area contributed by atoms with Crippen molar-refractivity contribution in [2.45, 2.75) is 26.3 Å². The number of hydrogen-bond donors (Lipinski definition) is 1. The SMILES string of the molecule is COCC(C)C(N)Cc1ccccc1C. The summed E-state index contributed by atoms with van der Waals surface area (Å²) in [6, 6.07) is 8.57. The number of hydrogen-bond acceptors (Lipinski definition) is 2. The number of aryl methyl sites for hydroxylation is 1. The molecule has 2 heteroatoms. The first-order valence-corrected chi connectivity index (χ1v) is 5.44. The van der Waals surface area contributed by atoms with Crippen LogP contribution in [0, 0.1) is 12.8 Å². The van der Waals surface area contributed by atoms with Crippen molar-refractivity contribution in [1.82, 2.24) is 0 Å². The summed E-state index contributed by atoms with van der Waals surface area (Å²) in [5, 5.41) is 0. The van der Waals surface area contributed by atoms with Gasteiger partial charge in [0, 0.05) is 13.2 Å². The van der Waals surface area contributed by atoms with Gasteiger partial charge in [0.25, 0.3) is 0 Å². The Morgan fingerprint density at radius 3 is 2.60 bits per heavy atom. The summed E-state index contributed by atoms with van der Waals surface area (Å²) in [6.45, 7) is 4.99. The Hall–Kier alpha value is -0.860. The van der Waals surface area contributed by atoms with Gasteiger partial charge in [-0.15, -0.1) is 0 Å². The molecule has 1 rings (SSSR count). The fourth-order valence-electron chi connectivity index (χ4n) is 1.68. The molecule has 84 valence electrons. The van der Waals surface area contributed by atoms with Crippen LogP contribution < -0.4 is 5.73 Å². The van der Waals surface area contributed by atoms with Gasteiger partial charge in [0.05, 0.1) is 6.61 Å². The van der Waals surface area contributed by atoms with Gasteiger partial charge in [-0.05, 0) is 30.4 Å². The molecule has 2 nitrogen and oxygen atoms in total. The van der Waals surface area contributed by atoms with Gasteiger partial charge in [-0.2, -0.15) is 0 Å². The second-order valence-electron chi connectivity index (χ2n) is 4.23. The van der Waals surface area contributed by atoms with E-state index in [0.29, 0.717) is 5.92 Å². The smallest absolute Gasteiger partial charge is 0.0502 e. The van der Waals surface area contributed by atoms with E-state index in [0.717, 1.165) is 13.0 Å². The van der Waals surface area contributed by atoms with Crippen LogP contribution in [0.4, 0.5) is 0 Å². The summed E-state index contributed by atoms with van der Waals surface area (Å²) in [4.78, 5) is 0. The molecule has 0 bridgehead atoms. The van der Waals surface area contributed by atoms with Crippen LogP contribution in [0.5, 0.6) is 0 Å². The van der Waals surface area contributed by atoms with E-state index in [9.17, 15) is 0 Å². The molecule has 0 saturated heterocycles. The molecule has 0 aliphatic heterocycles. The third kappa shape index (κ3) is 3.65. The molecular weight excluding hydrogens is 186 g/mol. The molecule has 0 amide bonds. The Balaban J connectivity index is 2.58. The average molecular weight is 207 g/mol. The zero-order valence-corrected chi connectivity index (χ0v) is 9.86. The second kappa shape index (κ2) is 5.89. The van der Waals surface area contributed by atoms with E-state index in [1.165, 1.54) is 11.1 Å². The highest BCUT2D eigenvalue weighted by Crippen LogP contribution is 2.12. The first-order chi connectivity index (χ1) is 7.15. The molecule has 0 radical (unpaired) electrons. The number of rotatable bonds is 5. The van der Waals surface area contributed by atoms with E-state index < -0.39 is 0 Å². The van der Waals surface area contributed by atoms with Crippen molar-refractivity contribution in [3.63, 3.8) is 0 Å². The fourth-order valence-corrected chi connectivity index (χ4v) is 1.68. The lowest BCUT2D eigenvalue weighted by Crippen LogP contribution is -2.33. The molecule has 2 atom stereocenters. The first kappa shape index (κ1) is 12.2. The van der Waals surface area contributed by atoms with Crippen LogP contribution in [0.2, 0.25) is 0 Å². The van der Waals surface area contributed by atoms with Gasteiger partial charge in [-0.25, -0.2) is 0 Å². The third-order valence-electron chi connectivity index (χ3n) is 2.88. The van der Waals surface area contributed by atoms with E-state index in [1.54, 1.807) is 7.11 Å². The molecule has 1 aromatic rings. The lowest BCUT2D eigenvalue weighted by molar-refractivity contribution is 0.147. The second-order valence-corrected chi connectivity index (χ2v) is 4.23. The third-order valence-corrected chi connectivity index (χ3v) is 2.88. The van der Waals surface area contributed by atoms with Crippen molar-refractivity contribution in [3.05, 3.63) is 35.4 Å². The summed E-state index contributed by atoms with van der Waals surface area (Å²) in [6.07, 6.45) is 0.928. The van der Waals surface area contributed by atoms with Crippen LogP contribution in [0.3, 0.4) is 0 Å². The van der Waals surface area contributed by atoms with Gasteiger partial charge in [-0.3, -0.25) is 0 Å². The average Bonchev–Trinajstić information content (AvgIpc) is 2.21. The molecule has 0 fully saturated rings. The zero-order chi connectivity index (χ0) is 11.3. The molecule has 0 spiro atoms. The number of benzene rings is 1. The van der Waals surface area contributed by atoms with Gasteiger partial charge in [0.2, 0.25) is 0 Å². The van der Waals surface area contributed by atoms with Crippen LogP contribution in [0.15, 0.2) is 24.3 Å². The van der Waals surface area contributed by atoms with Gasteiger partial charge >= 0.3 is 0 Å². The summed E-state index contributed by atoms with van der Waals surface area (Å²) < 4.78 is 5.11. The minimum atomic E-state index is 0.172. The van der Waals surface area contributed by atoms with E-state index in [-0.39, 0.29) is 6.04 Å². The van der Waals surface area contributed by atoms with Crippen molar-refractivity contribution in [1.29, 1.82) is 0 Å². The van der Waals surface area contributed by atoms with Crippen molar-refractivity contribution >= 4 is 0 Å². The zero-order valence-electron chi connectivity index (χ0n) is 9.86. The molecule has 0 heterocycles. The van der Waals surface area contributed by atoms with Gasteiger partial charge in [0.15, 0.2) is 0 Å². The molecule has 0 aromatic heterocycles. The Labute approximate surface area is 92.4 Å². The van der Waals surface area contributed by atoms with Crippen LogP contribution in [-0.4, -0.2) is 19.8 Å². The predicted octanol–water partition coefficient (Wildman–Crippen LogP) is 2.15. The Morgan fingerprint density at radius 2 is 2.00 bits per heavy atom. The Bertz CT molecular complexity index is 298. The first-order valence-electron chi connectivity index (χ1n) is 5.44. The van der Waals surface area contributed by atoms with Gasteiger partial charge in [0.1, 0.15) is 0 Å². The Kier molecular flexibility index (Phi) is 4.79. The van der Waals surface area contributed by atoms with Crippen molar-refractivity contribution in [2.24, 2.45) is 11.7 Å². The highest BCUT2D eigenvalue weighted by molar-refractivity contribution is 5.26. The maximum Gasteiger partial charge on any atom is 0.0502 e. The Morgan fingerprint density at radius 1 is 1.33 bits per heavy atom. The molecule has 2 unspecified atom stereocenters. The van der Waals surface area contributed by atoms with Crippen molar-refractivity contribution in [2.75, 3.05) is 13.7 Å². The highest BCUT2D eigenvalue weighted by atomic mass is 16.5. The minimum absolute atomic E-state index is 0.172. The van der Waals surface area contributed by atoms with Crippen LogP contribution in [-0.2, 0) is 11.2 Å². The fraction of sp³-hybridized carbons (Fsp3) is 0.538. The summed E-state index contributed by atoms with van der Waals surface area (Å²) >= 11 is 0. The molecule has 1 aromatic carbocycles. The highest BCUT2D eigenvalue weighted by Gasteiger charge is 2.13. The summed E-state index contributed by atoms with van der Waals surface area (Å²) in [7, 11) is 1.72. The molecule has 0 aliphatic rings. The number of ether oxygens (including phenoxy) is 1. The molecular formula is C13H21NO. The quantitative estimate of drug-likeness (QED) is 0.803. The topological polar surface area (TPSA) is 35.2 Å². The van der Waals surface area contributed by atoms with E-state index >= 15 is 0 Å². The molecule has 0 aliphatic carbocycles. The van der Waals surface area contributed by atoms with Gasteiger partial charge < -0.3 is 10.5 Å². The minimum Gasteiger partial charge on any atom is -0.384 e. The summed E-state index contributed by atoms with van der Waals surface area (Å²) in [5.41, 5.74) is 8.78. The maximum atomic E-state index is 6.12. The number of methoxy groups -OCH3 is 1. The van der Waals surface area contributed by atoms with Crippen molar-refractivity contribution in [3.8, 4) is 0 Å². The van der Waals surface area contributed by atoms with Crippen molar-refractivity contribution < 1.29 is 4.74 Å². The predicted molar refractivity (Wildman–Crippen MR) is 63.9 cm³/mol. The summed E-state index contributed by atoms with van der Waals surface area (Å²) in [5.74, 6) is 0.398. The normalized spacial score (nSPS) is 14.9. The maximum absolute atomic E-state index is 6.12. The van der Waals surface area contributed by atoms with Crippen LogP contribution >= 0.6 is 0 Å². The van der Waals surface area contributed by atoms with Crippen LogP contribution in [0.1, 0.15) is 18.1 Å². The lowest BCUT2D eigenvalue weighted by Gasteiger charge is -2.19. The molecule has 15 heavy (non-hydrogen) atoms. The lowest BCUT2D eigenvalue weighted by atomic mass is 9.94. The van der Waals surface area contributed by atoms with E-state index in [1.807, 2.05) is 0 Å². The van der Waals surface area contributed by atoms with E-state index in [2.05, 4.69) is 38.1 Å².